The van der Waals surface area contributed by atoms with E-state index in [1.54, 1.807) is 23.5 Å². The smallest absolute Gasteiger partial charge is 0.188 e. The van der Waals surface area contributed by atoms with E-state index in [4.69, 9.17) is 0 Å². The lowest BCUT2D eigenvalue weighted by Gasteiger charge is -2.34. The minimum absolute atomic E-state index is 0.216. The summed E-state index contributed by atoms with van der Waals surface area (Å²) in [5.74, 6) is 0.216. The SMILES string of the molecule is CSc1ccc(/C=C2/C(=O)/C(=C/c3ccc(SC)cc3)[C@H]3CC[C@H]2N3C)cc1. The van der Waals surface area contributed by atoms with E-state index in [9.17, 15) is 4.79 Å². The van der Waals surface area contributed by atoms with Crippen LogP contribution in [0.2, 0.25) is 0 Å². The Morgan fingerprint density at radius 3 is 1.54 bits per heavy atom. The number of benzene rings is 2. The van der Waals surface area contributed by atoms with E-state index in [0.717, 1.165) is 35.1 Å². The van der Waals surface area contributed by atoms with E-state index in [2.05, 4.69) is 85.1 Å². The van der Waals surface area contributed by atoms with E-state index >= 15 is 0 Å². The average molecular weight is 408 g/mol. The molecule has 2 aromatic carbocycles. The molecule has 0 unspecified atom stereocenters. The van der Waals surface area contributed by atoms with E-state index in [0.29, 0.717) is 0 Å². The number of Topliss-reactive ketones (excluding diaryl/α,β-unsaturated/α-hetero) is 1. The van der Waals surface area contributed by atoms with Gasteiger partial charge in [0.2, 0.25) is 0 Å². The van der Waals surface area contributed by atoms with Crippen LogP contribution in [0.25, 0.3) is 12.2 Å². The number of thioether (sulfide) groups is 2. The molecular formula is C24H25NOS2. The Morgan fingerprint density at radius 1 is 0.786 bits per heavy atom. The Labute approximate surface area is 176 Å². The molecule has 0 radical (unpaired) electrons. The molecule has 0 N–H and O–H groups in total. The van der Waals surface area contributed by atoms with Gasteiger partial charge in [0, 0.05) is 33.0 Å². The highest BCUT2D eigenvalue weighted by molar-refractivity contribution is 7.98. The third kappa shape index (κ3) is 3.73. The second kappa shape index (κ2) is 8.32. The molecule has 0 amide bonds. The van der Waals surface area contributed by atoms with Gasteiger partial charge in [-0.2, -0.15) is 0 Å². The van der Waals surface area contributed by atoms with Crippen LogP contribution in [0.1, 0.15) is 24.0 Å². The first-order chi connectivity index (χ1) is 13.6. The van der Waals surface area contributed by atoms with Gasteiger partial charge in [-0.15, -0.1) is 23.5 Å². The molecule has 4 heteroatoms. The molecule has 144 valence electrons. The first kappa shape index (κ1) is 19.6. The van der Waals surface area contributed by atoms with Crippen molar-refractivity contribution in [2.45, 2.75) is 34.7 Å². The first-order valence-electron chi connectivity index (χ1n) is 9.58. The maximum Gasteiger partial charge on any atom is 0.188 e. The van der Waals surface area contributed by atoms with Gasteiger partial charge in [-0.05, 0) is 79.9 Å². The lowest BCUT2D eigenvalue weighted by Crippen LogP contribution is -2.43. The van der Waals surface area contributed by atoms with Gasteiger partial charge in [0.25, 0.3) is 0 Å². The molecular weight excluding hydrogens is 382 g/mol. The molecule has 2 fully saturated rings. The quantitative estimate of drug-likeness (QED) is 0.482. The average Bonchev–Trinajstić information content (AvgIpc) is 3.04. The number of likely N-dealkylation sites (N-methyl/N-ethyl adjacent to an activating group) is 1. The van der Waals surface area contributed by atoms with Gasteiger partial charge < -0.3 is 0 Å². The van der Waals surface area contributed by atoms with Crippen molar-refractivity contribution < 1.29 is 4.79 Å². The third-order valence-corrected chi connectivity index (χ3v) is 7.30. The summed E-state index contributed by atoms with van der Waals surface area (Å²) < 4.78 is 0. The molecule has 2 aliphatic rings. The summed E-state index contributed by atoms with van der Waals surface area (Å²) in [7, 11) is 2.16. The number of hydrogen-bond donors (Lipinski definition) is 0. The third-order valence-electron chi connectivity index (χ3n) is 5.82. The second-order valence-corrected chi connectivity index (χ2v) is 9.11. The molecule has 2 saturated heterocycles. The Kier molecular flexibility index (Phi) is 5.81. The standard InChI is InChI=1S/C24H25NOS2/c1-25-22-12-13-23(25)21(15-17-6-10-19(28-3)11-7-17)24(26)20(22)14-16-4-8-18(27-2)9-5-16/h4-11,14-15,22-23H,12-13H2,1-3H3/b20-14+,21-15+/t22-,23-/m1/s1. The minimum atomic E-state index is 0.216. The van der Waals surface area contributed by atoms with Gasteiger partial charge in [0.05, 0.1) is 0 Å². The van der Waals surface area contributed by atoms with E-state index < -0.39 is 0 Å². The van der Waals surface area contributed by atoms with Gasteiger partial charge in [-0.25, -0.2) is 0 Å². The molecule has 4 rings (SSSR count). The van der Waals surface area contributed by atoms with E-state index in [1.807, 2.05) is 0 Å². The van der Waals surface area contributed by atoms with Crippen molar-refractivity contribution in [2.75, 3.05) is 19.6 Å². The molecule has 2 aromatic rings. The number of carbonyl (C=O) groups is 1. The predicted octanol–water partition coefficient (Wildman–Crippen LogP) is 5.64. The minimum Gasteiger partial charge on any atom is -0.292 e. The highest BCUT2D eigenvalue weighted by Crippen LogP contribution is 2.40. The molecule has 0 saturated carbocycles. The summed E-state index contributed by atoms with van der Waals surface area (Å²) in [6.07, 6.45) is 10.4. The summed E-state index contributed by atoms with van der Waals surface area (Å²) in [6, 6.07) is 17.4. The van der Waals surface area contributed by atoms with Crippen LogP contribution in [0.5, 0.6) is 0 Å². The first-order valence-corrected chi connectivity index (χ1v) is 12.0. The van der Waals surface area contributed by atoms with Crippen LogP contribution in [-0.2, 0) is 4.79 Å². The van der Waals surface area contributed by atoms with Crippen molar-refractivity contribution in [3.8, 4) is 0 Å². The normalized spacial score (nSPS) is 25.0. The second-order valence-electron chi connectivity index (χ2n) is 7.35. The molecule has 2 nitrogen and oxygen atoms in total. The number of rotatable bonds is 4. The van der Waals surface area contributed by atoms with Crippen LogP contribution in [0.3, 0.4) is 0 Å². The fraction of sp³-hybridized carbons (Fsp3) is 0.292. The number of ketones is 1. The zero-order valence-electron chi connectivity index (χ0n) is 16.5. The summed E-state index contributed by atoms with van der Waals surface area (Å²) in [6.45, 7) is 0. The van der Waals surface area contributed by atoms with Crippen LogP contribution >= 0.6 is 23.5 Å². The van der Waals surface area contributed by atoms with Crippen molar-refractivity contribution in [3.63, 3.8) is 0 Å². The fourth-order valence-corrected chi connectivity index (χ4v) is 5.06. The zero-order valence-corrected chi connectivity index (χ0v) is 18.1. The van der Waals surface area contributed by atoms with Gasteiger partial charge in [-0.1, -0.05) is 24.3 Å². The Bertz CT molecular complexity index is 853. The van der Waals surface area contributed by atoms with Crippen molar-refractivity contribution >= 4 is 41.5 Å². The molecule has 0 aliphatic carbocycles. The Morgan fingerprint density at radius 2 is 1.18 bits per heavy atom. The zero-order chi connectivity index (χ0) is 19.7. The van der Waals surface area contributed by atoms with Crippen molar-refractivity contribution in [3.05, 3.63) is 70.8 Å². The van der Waals surface area contributed by atoms with Gasteiger partial charge in [-0.3, -0.25) is 9.69 Å². The number of hydrogen-bond acceptors (Lipinski definition) is 4. The van der Waals surface area contributed by atoms with Crippen LogP contribution in [0, 0.1) is 0 Å². The number of nitrogens with zero attached hydrogens (tertiary/aromatic N) is 1. The van der Waals surface area contributed by atoms with E-state index in [-0.39, 0.29) is 17.9 Å². The predicted molar refractivity (Wildman–Crippen MR) is 122 cm³/mol. The molecule has 28 heavy (non-hydrogen) atoms. The summed E-state index contributed by atoms with van der Waals surface area (Å²) in [5.41, 5.74) is 4.06. The summed E-state index contributed by atoms with van der Waals surface area (Å²) >= 11 is 3.47. The lowest BCUT2D eigenvalue weighted by molar-refractivity contribution is -0.114. The summed E-state index contributed by atoms with van der Waals surface area (Å²) in [5, 5.41) is 0. The highest BCUT2D eigenvalue weighted by Gasteiger charge is 2.44. The van der Waals surface area contributed by atoms with Crippen LogP contribution < -0.4 is 0 Å². The topological polar surface area (TPSA) is 20.3 Å². The monoisotopic (exact) mass is 407 g/mol. The highest BCUT2D eigenvalue weighted by atomic mass is 32.2. The molecule has 2 atom stereocenters. The largest absolute Gasteiger partial charge is 0.292 e. The number of fused-ring (bicyclic) bond motifs is 2. The molecule has 0 aromatic heterocycles. The molecule has 0 spiro atoms. The Balaban J connectivity index is 1.70. The number of carbonyl (C=O) groups excluding carboxylic acids is 1. The summed E-state index contributed by atoms with van der Waals surface area (Å²) in [4.78, 5) is 18.3. The maximum absolute atomic E-state index is 13.4. The van der Waals surface area contributed by atoms with Crippen molar-refractivity contribution in [1.29, 1.82) is 0 Å². The van der Waals surface area contributed by atoms with Crippen LogP contribution in [0.4, 0.5) is 0 Å². The van der Waals surface area contributed by atoms with Gasteiger partial charge in [0.1, 0.15) is 0 Å². The fourth-order valence-electron chi connectivity index (χ4n) is 4.24. The molecule has 2 heterocycles. The lowest BCUT2D eigenvalue weighted by atomic mass is 9.88. The number of piperidine rings is 1. The van der Waals surface area contributed by atoms with Crippen molar-refractivity contribution in [1.82, 2.24) is 4.90 Å². The maximum atomic E-state index is 13.4. The molecule has 2 aliphatic heterocycles. The van der Waals surface area contributed by atoms with Crippen molar-refractivity contribution in [2.24, 2.45) is 0 Å². The van der Waals surface area contributed by atoms with E-state index in [1.165, 1.54) is 9.79 Å². The van der Waals surface area contributed by atoms with Gasteiger partial charge >= 0.3 is 0 Å². The van der Waals surface area contributed by atoms with Gasteiger partial charge in [0.15, 0.2) is 5.78 Å². The molecule has 2 bridgehead atoms. The Hall–Kier alpha value is -1.75. The van der Waals surface area contributed by atoms with Crippen LogP contribution in [0.15, 0.2) is 69.5 Å². The van der Waals surface area contributed by atoms with Crippen LogP contribution in [-0.4, -0.2) is 42.3 Å².